The van der Waals surface area contributed by atoms with Gasteiger partial charge in [0.1, 0.15) is 18.5 Å². The van der Waals surface area contributed by atoms with E-state index >= 15 is 0 Å². The van der Waals surface area contributed by atoms with Gasteiger partial charge in [-0.2, -0.15) is 0 Å². The normalized spacial score (nSPS) is 12.5. The van der Waals surface area contributed by atoms with Gasteiger partial charge in [0, 0.05) is 6.54 Å². The molecule has 1 aromatic carbocycles. The Bertz CT molecular complexity index is 268. The fourth-order valence-corrected chi connectivity index (χ4v) is 1.22. The summed E-state index contributed by atoms with van der Waals surface area (Å²) >= 11 is 3.33. The maximum absolute atomic E-state index is 9.14. The Labute approximate surface area is 85.6 Å². The van der Waals surface area contributed by atoms with Gasteiger partial charge in [-0.25, -0.2) is 0 Å². The molecule has 1 unspecified atom stereocenters. The Morgan fingerprint density at radius 1 is 1.46 bits per heavy atom. The lowest BCUT2D eigenvalue weighted by Crippen LogP contribution is -2.26. The van der Waals surface area contributed by atoms with Crippen LogP contribution in [0.2, 0.25) is 0 Å². The highest BCUT2D eigenvalue weighted by atomic mass is 79.9. The van der Waals surface area contributed by atoms with Crippen molar-refractivity contribution in [1.29, 1.82) is 0 Å². The topological polar surface area (TPSA) is 55.5 Å². The van der Waals surface area contributed by atoms with Crippen LogP contribution >= 0.6 is 15.9 Å². The second kappa shape index (κ2) is 5.21. The minimum Gasteiger partial charge on any atom is -0.490 e. The van der Waals surface area contributed by atoms with Crippen molar-refractivity contribution < 1.29 is 9.84 Å². The monoisotopic (exact) mass is 245 g/mol. The van der Waals surface area contributed by atoms with Gasteiger partial charge in [-0.05, 0) is 28.1 Å². The van der Waals surface area contributed by atoms with Crippen molar-refractivity contribution in [1.82, 2.24) is 0 Å². The van der Waals surface area contributed by atoms with Crippen molar-refractivity contribution in [2.75, 3.05) is 13.2 Å². The molecule has 0 aliphatic heterocycles. The van der Waals surface area contributed by atoms with Crippen molar-refractivity contribution >= 4 is 15.9 Å². The number of aliphatic hydroxyl groups is 1. The molecule has 1 atom stereocenters. The molecule has 13 heavy (non-hydrogen) atoms. The zero-order chi connectivity index (χ0) is 9.68. The van der Waals surface area contributed by atoms with Gasteiger partial charge in [0.05, 0.1) is 4.47 Å². The Balaban J connectivity index is 2.50. The maximum Gasteiger partial charge on any atom is 0.133 e. The van der Waals surface area contributed by atoms with Gasteiger partial charge in [-0.1, -0.05) is 12.1 Å². The van der Waals surface area contributed by atoms with Crippen LogP contribution in [-0.2, 0) is 0 Å². The minimum absolute atomic E-state index is 0.213. The van der Waals surface area contributed by atoms with E-state index in [0.29, 0.717) is 0 Å². The number of rotatable bonds is 4. The number of benzene rings is 1. The maximum atomic E-state index is 9.14. The highest BCUT2D eigenvalue weighted by molar-refractivity contribution is 9.10. The SMILES string of the molecule is NCC(O)COc1ccccc1Br. The van der Waals surface area contributed by atoms with Crippen LogP contribution in [0.4, 0.5) is 0 Å². The van der Waals surface area contributed by atoms with Crippen LogP contribution in [0, 0.1) is 0 Å². The number of para-hydroxylation sites is 1. The van der Waals surface area contributed by atoms with Crippen LogP contribution in [0.1, 0.15) is 0 Å². The first-order valence-corrected chi connectivity index (χ1v) is 4.79. The molecule has 0 amide bonds. The van der Waals surface area contributed by atoms with E-state index in [-0.39, 0.29) is 13.2 Å². The van der Waals surface area contributed by atoms with E-state index in [1.54, 1.807) is 0 Å². The number of halogens is 1. The highest BCUT2D eigenvalue weighted by Crippen LogP contribution is 2.23. The summed E-state index contributed by atoms with van der Waals surface area (Å²) in [6.45, 7) is 0.434. The predicted octanol–water partition coefficient (Wildman–Crippen LogP) is 1.15. The van der Waals surface area contributed by atoms with Crippen LogP contribution < -0.4 is 10.5 Å². The third-order valence-electron chi connectivity index (χ3n) is 1.54. The van der Waals surface area contributed by atoms with E-state index in [2.05, 4.69) is 15.9 Å². The third-order valence-corrected chi connectivity index (χ3v) is 2.20. The smallest absolute Gasteiger partial charge is 0.133 e. The molecule has 0 aliphatic carbocycles. The lowest BCUT2D eigenvalue weighted by molar-refractivity contribution is 0.114. The van der Waals surface area contributed by atoms with Crippen LogP contribution in [-0.4, -0.2) is 24.4 Å². The second-order valence-electron chi connectivity index (χ2n) is 2.63. The molecular formula is C9H12BrNO2. The van der Waals surface area contributed by atoms with Gasteiger partial charge in [0.15, 0.2) is 0 Å². The molecule has 0 fully saturated rings. The van der Waals surface area contributed by atoms with Crippen molar-refractivity contribution in [3.8, 4) is 5.75 Å². The molecule has 0 saturated heterocycles. The molecule has 4 heteroatoms. The fraction of sp³-hybridized carbons (Fsp3) is 0.333. The van der Waals surface area contributed by atoms with E-state index in [1.165, 1.54) is 0 Å². The molecule has 1 rings (SSSR count). The summed E-state index contributed by atoms with van der Waals surface area (Å²) in [6.07, 6.45) is -0.605. The van der Waals surface area contributed by atoms with Crippen molar-refractivity contribution in [3.63, 3.8) is 0 Å². The molecule has 72 valence electrons. The number of nitrogens with two attached hydrogens (primary N) is 1. The first-order chi connectivity index (χ1) is 6.24. The summed E-state index contributed by atoms with van der Waals surface area (Å²) < 4.78 is 6.19. The van der Waals surface area contributed by atoms with E-state index < -0.39 is 6.10 Å². The Morgan fingerprint density at radius 2 is 2.15 bits per heavy atom. The van der Waals surface area contributed by atoms with Crippen LogP contribution in [0.5, 0.6) is 5.75 Å². The molecule has 3 nitrogen and oxygen atoms in total. The molecule has 1 aromatic rings. The second-order valence-corrected chi connectivity index (χ2v) is 3.49. The van der Waals surface area contributed by atoms with Crippen LogP contribution in [0.25, 0.3) is 0 Å². The number of aliphatic hydroxyl groups excluding tert-OH is 1. The van der Waals surface area contributed by atoms with Gasteiger partial charge in [0.2, 0.25) is 0 Å². The summed E-state index contributed by atoms with van der Waals surface area (Å²) in [5.74, 6) is 0.718. The van der Waals surface area contributed by atoms with Gasteiger partial charge >= 0.3 is 0 Å². The largest absolute Gasteiger partial charge is 0.490 e. The highest BCUT2D eigenvalue weighted by Gasteiger charge is 2.03. The lowest BCUT2D eigenvalue weighted by Gasteiger charge is -2.10. The zero-order valence-electron chi connectivity index (χ0n) is 7.11. The van der Waals surface area contributed by atoms with Crippen molar-refractivity contribution in [2.45, 2.75) is 6.10 Å². The number of hydrogen-bond donors (Lipinski definition) is 2. The number of ether oxygens (including phenoxy) is 1. The Hall–Kier alpha value is -0.580. The zero-order valence-corrected chi connectivity index (χ0v) is 8.70. The van der Waals surface area contributed by atoms with E-state index in [4.69, 9.17) is 15.6 Å². The molecule has 0 aliphatic rings. The quantitative estimate of drug-likeness (QED) is 0.837. The summed E-state index contributed by atoms with van der Waals surface area (Å²) in [5, 5.41) is 9.14. The molecule has 0 heterocycles. The molecule has 0 radical (unpaired) electrons. The standard InChI is InChI=1S/C9H12BrNO2/c10-8-3-1-2-4-9(8)13-6-7(12)5-11/h1-4,7,12H,5-6,11H2. The molecule has 3 N–H and O–H groups in total. The first-order valence-electron chi connectivity index (χ1n) is 3.99. The van der Waals surface area contributed by atoms with E-state index in [9.17, 15) is 0 Å². The molecule has 0 saturated carbocycles. The summed E-state index contributed by atoms with van der Waals surface area (Å²) in [7, 11) is 0. The molecule has 0 spiro atoms. The van der Waals surface area contributed by atoms with E-state index in [0.717, 1.165) is 10.2 Å². The predicted molar refractivity (Wildman–Crippen MR) is 54.7 cm³/mol. The molecular weight excluding hydrogens is 234 g/mol. The van der Waals surface area contributed by atoms with Crippen molar-refractivity contribution in [2.24, 2.45) is 5.73 Å². The Morgan fingerprint density at radius 3 is 2.77 bits per heavy atom. The minimum atomic E-state index is -0.605. The summed E-state index contributed by atoms with van der Waals surface area (Å²) in [6, 6.07) is 7.47. The summed E-state index contributed by atoms with van der Waals surface area (Å²) in [5.41, 5.74) is 5.23. The van der Waals surface area contributed by atoms with Gasteiger partial charge in [0.25, 0.3) is 0 Å². The first kappa shape index (κ1) is 10.5. The van der Waals surface area contributed by atoms with Gasteiger partial charge < -0.3 is 15.6 Å². The Kier molecular flexibility index (Phi) is 4.21. The van der Waals surface area contributed by atoms with Gasteiger partial charge in [-0.15, -0.1) is 0 Å². The fourth-order valence-electron chi connectivity index (χ4n) is 0.816. The number of hydrogen-bond acceptors (Lipinski definition) is 3. The third kappa shape index (κ3) is 3.34. The van der Waals surface area contributed by atoms with Crippen LogP contribution in [0.15, 0.2) is 28.7 Å². The van der Waals surface area contributed by atoms with Crippen molar-refractivity contribution in [3.05, 3.63) is 28.7 Å². The van der Waals surface area contributed by atoms with Gasteiger partial charge in [-0.3, -0.25) is 0 Å². The molecule has 0 bridgehead atoms. The average molecular weight is 246 g/mol. The van der Waals surface area contributed by atoms with E-state index in [1.807, 2.05) is 24.3 Å². The average Bonchev–Trinajstić information content (AvgIpc) is 2.16. The lowest BCUT2D eigenvalue weighted by atomic mass is 10.3. The molecule has 0 aromatic heterocycles. The summed E-state index contributed by atoms with van der Waals surface area (Å²) in [4.78, 5) is 0. The van der Waals surface area contributed by atoms with Crippen LogP contribution in [0.3, 0.4) is 0 Å².